The molecule has 1 aromatic carbocycles. The molecule has 5 nitrogen and oxygen atoms in total. The van der Waals surface area contributed by atoms with E-state index in [1.165, 1.54) is 25.7 Å². The lowest BCUT2D eigenvalue weighted by Crippen LogP contribution is -2.43. The number of rotatable bonds is 11. The Kier molecular flexibility index (Phi) is 7.82. The van der Waals surface area contributed by atoms with Gasteiger partial charge in [-0.15, -0.1) is 12.6 Å². The van der Waals surface area contributed by atoms with E-state index in [0.29, 0.717) is 12.2 Å². The van der Waals surface area contributed by atoms with Crippen LogP contribution in [0.1, 0.15) is 70.8 Å². The molecule has 1 fully saturated rings. The minimum absolute atomic E-state index is 0.211. The van der Waals surface area contributed by atoms with Gasteiger partial charge in [0.05, 0.1) is 0 Å². The highest BCUT2D eigenvalue weighted by Crippen LogP contribution is 2.32. The van der Waals surface area contributed by atoms with E-state index in [-0.39, 0.29) is 11.3 Å². The van der Waals surface area contributed by atoms with Gasteiger partial charge in [-0.3, -0.25) is 10.1 Å². The number of thiol groups is 1. The third-order valence-electron chi connectivity index (χ3n) is 4.75. The standard InChI is InChI=1S/C20H30N2O3S/c1-3-4-5-6-7-8-9-14-20(18(23)21-19(24)22-20)16-10-12-17(13-11-16)25-15(2)26/h10-13,15,26H,3-9,14H2,1-2H3,(H2,21,22,23,24). The topological polar surface area (TPSA) is 67.4 Å². The van der Waals surface area contributed by atoms with Crippen molar-refractivity contribution < 1.29 is 14.3 Å². The molecule has 0 radical (unpaired) electrons. The number of urea groups is 1. The van der Waals surface area contributed by atoms with Gasteiger partial charge in [0, 0.05) is 0 Å². The van der Waals surface area contributed by atoms with Crippen LogP contribution in [0.15, 0.2) is 24.3 Å². The average molecular weight is 379 g/mol. The Morgan fingerprint density at radius 3 is 2.19 bits per heavy atom. The van der Waals surface area contributed by atoms with Gasteiger partial charge in [-0.25, -0.2) is 4.79 Å². The minimum Gasteiger partial charge on any atom is -0.480 e. The predicted molar refractivity (Wildman–Crippen MR) is 106 cm³/mol. The fourth-order valence-corrected chi connectivity index (χ4v) is 3.50. The first-order valence-corrected chi connectivity index (χ1v) is 10.1. The largest absolute Gasteiger partial charge is 0.480 e. The van der Waals surface area contributed by atoms with Crippen LogP contribution < -0.4 is 15.4 Å². The zero-order chi connectivity index (χ0) is 19.0. The molecular weight excluding hydrogens is 348 g/mol. The SMILES string of the molecule is CCCCCCCCCC1(c2ccc(OC(C)S)cc2)NC(=O)NC1=O. The van der Waals surface area contributed by atoms with Gasteiger partial charge in [0.1, 0.15) is 16.7 Å². The van der Waals surface area contributed by atoms with E-state index in [9.17, 15) is 9.59 Å². The number of hydrogen-bond acceptors (Lipinski definition) is 4. The van der Waals surface area contributed by atoms with Crippen LogP contribution in [0, 0.1) is 0 Å². The molecule has 2 atom stereocenters. The zero-order valence-electron chi connectivity index (χ0n) is 15.7. The molecule has 144 valence electrons. The van der Waals surface area contributed by atoms with Crippen molar-refractivity contribution >= 4 is 24.6 Å². The molecule has 0 bridgehead atoms. The van der Waals surface area contributed by atoms with Crippen molar-refractivity contribution in [3.8, 4) is 5.75 Å². The van der Waals surface area contributed by atoms with Crippen LogP contribution in [0.2, 0.25) is 0 Å². The van der Waals surface area contributed by atoms with Crippen LogP contribution in [-0.4, -0.2) is 17.4 Å². The third kappa shape index (κ3) is 5.40. The van der Waals surface area contributed by atoms with Gasteiger partial charge >= 0.3 is 6.03 Å². The van der Waals surface area contributed by atoms with Crippen molar-refractivity contribution in [1.29, 1.82) is 0 Å². The zero-order valence-corrected chi connectivity index (χ0v) is 16.6. The molecule has 2 N–H and O–H groups in total. The van der Waals surface area contributed by atoms with Crippen LogP contribution in [0.5, 0.6) is 5.75 Å². The Hall–Kier alpha value is -1.69. The van der Waals surface area contributed by atoms with Crippen molar-refractivity contribution in [2.24, 2.45) is 0 Å². The van der Waals surface area contributed by atoms with Gasteiger partial charge in [-0.2, -0.15) is 0 Å². The van der Waals surface area contributed by atoms with E-state index in [1.54, 1.807) is 0 Å². The van der Waals surface area contributed by atoms with Crippen molar-refractivity contribution in [3.05, 3.63) is 29.8 Å². The van der Waals surface area contributed by atoms with Crippen molar-refractivity contribution in [3.63, 3.8) is 0 Å². The summed E-state index contributed by atoms with van der Waals surface area (Å²) in [6.45, 7) is 4.04. The fraction of sp³-hybridized carbons (Fsp3) is 0.600. The van der Waals surface area contributed by atoms with Crippen LogP contribution in [0.25, 0.3) is 0 Å². The lowest BCUT2D eigenvalue weighted by atomic mass is 9.84. The molecule has 1 aromatic rings. The summed E-state index contributed by atoms with van der Waals surface area (Å²) in [4.78, 5) is 24.3. The molecule has 0 spiro atoms. The first-order chi connectivity index (χ1) is 12.5. The summed E-state index contributed by atoms with van der Waals surface area (Å²) >= 11 is 4.21. The van der Waals surface area contributed by atoms with E-state index < -0.39 is 11.6 Å². The second-order valence-electron chi connectivity index (χ2n) is 6.93. The molecule has 2 unspecified atom stereocenters. The van der Waals surface area contributed by atoms with E-state index in [2.05, 4.69) is 30.2 Å². The van der Waals surface area contributed by atoms with Gasteiger partial charge in [0.2, 0.25) is 0 Å². The Labute approximate surface area is 161 Å². The number of hydrogen-bond donors (Lipinski definition) is 3. The molecule has 6 heteroatoms. The number of amides is 3. The van der Waals surface area contributed by atoms with Crippen LogP contribution in [-0.2, 0) is 10.3 Å². The number of nitrogens with one attached hydrogen (secondary N) is 2. The Morgan fingerprint density at radius 1 is 1.04 bits per heavy atom. The smallest absolute Gasteiger partial charge is 0.322 e. The number of ether oxygens (including phenoxy) is 1. The summed E-state index contributed by atoms with van der Waals surface area (Å²) in [6, 6.07) is 6.89. The first-order valence-electron chi connectivity index (χ1n) is 9.57. The molecule has 0 saturated carbocycles. The fourth-order valence-electron chi connectivity index (χ4n) is 3.38. The number of unbranched alkanes of at least 4 members (excludes halogenated alkanes) is 6. The molecule has 0 aromatic heterocycles. The maximum Gasteiger partial charge on any atom is 0.322 e. The van der Waals surface area contributed by atoms with Gasteiger partial charge in [0.25, 0.3) is 5.91 Å². The highest BCUT2D eigenvalue weighted by molar-refractivity contribution is 7.80. The molecule has 2 rings (SSSR count). The van der Waals surface area contributed by atoms with Crippen LogP contribution in [0.4, 0.5) is 4.79 Å². The molecular formula is C20H30N2O3S. The summed E-state index contributed by atoms with van der Waals surface area (Å²) in [7, 11) is 0. The predicted octanol–water partition coefficient (Wildman–Crippen LogP) is 4.52. The number of carbonyl (C=O) groups is 2. The van der Waals surface area contributed by atoms with E-state index in [0.717, 1.165) is 24.8 Å². The quantitative estimate of drug-likeness (QED) is 0.230. The lowest BCUT2D eigenvalue weighted by Gasteiger charge is -2.27. The minimum atomic E-state index is -0.981. The highest BCUT2D eigenvalue weighted by atomic mass is 32.1. The monoisotopic (exact) mass is 378 g/mol. The second kappa shape index (κ2) is 9.86. The summed E-state index contributed by atoms with van der Waals surface area (Å²) in [6.07, 6.45) is 8.73. The Morgan fingerprint density at radius 2 is 1.65 bits per heavy atom. The van der Waals surface area contributed by atoms with E-state index in [4.69, 9.17) is 4.74 Å². The molecule has 1 heterocycles. The van der Waals surface area contributed by atoms with E-state index in [1.807, 2.05) is 31.2 Å². The summed E-state index contributed by atoms with van der Waals surface area (Å²) in [5.41, 5.74) is -0.408. The first kappa shape index (κ1) is 20.6. The van der Waals surface area contributed by atoms with Crippen molar-refractivity contribution in [2.75, 3.05) is 0 Å². The molecule has 0 aliphatic carbocycles. The highest BCUT2D eigenvalue weighted by Gasteiger charge is 2.46. The van der Waals surface area contributed by atoms with Gasteiger partial charge in [-0.1, -0.05) is 64.0 Å². The van der Waals surface area contributed by atoms with Crippen LogP contribution >= 0.6 is 12.6 Å². The van der Waals surface area contributed by atoms with Gasteiger partial charge in [0.15, 0.2) is 0 Å². The Bertz CT molecular complexity index is 604. The van der Waals surface area contributed by atoms with Gasteiger partial charge in [-0.05, 0) is 31.0 Å². The second-order valence-corrected chi connectivity index (χ2v) is 7.65. The maximum atomic E-state index is 12.5. The molecule has 1 aliphatic rings. The maximum absolute atomic E-state index is 12.5. The third-order valence-corrected chi connectivity index (χ3v) is 4.86. The summed E-state index contributed by atoms with van der Waals surface area (Å²) in [5, 5.41) is 5.24. The molecule has 3 amide bonds. The number of benzene rings is 1. The Balaban J connectivity index is 2.01. The summed E-state index contributed by atoms with van der Waals surface area (Å²) < 4.78 is 5.53. The molecule has 26 heavy (non-hydrogen) atoms. The average Bonchev–Trinajstić information content (AvgIpc) is 2.89. The number of imide groups is 1. The van der Waals surface area contributed by atoms with E-state index >= 15 is 0 Å². The molecule has 1 saturated heterocycles. The van der Waals surface area contributed by atoms with Crippen LogP contribution in [0.3, 0.4) is 0 Å². The molecule has 1 aliphatic heterocycles. The lowest BCUT2D eigenvalue weighted by molar-refractivity contribution is -0.124. The van der Waals surface area contributed by atoms with Crippen molar-refractivity contribution in [1.82, 2.24) is 10.6 Å². The number of carbonyl (C=O) groups excluding carboxylic acids is 2. The normalized spacial score (nSPS) is 20.6. The van der Waals surface area contributed by atoms with Gasteiger partial charge < -0.3 is 10.1 Å². The summed E-state index contributed by atoms with van der Waals surface area (Å²) in [5.74, 6) is 0.414. The van der Waals surface area contributed by atoms with Crippen molar-refractivity contribution in [2.45, 2.75) is 76.2 Å².